The average molecular weight is 896 g/mol. The Morgan fingerprint density at radius 3 is 1.42 bits per heavy atom. The third kappa shape index (κ3) is 6.91. The second kappa shape index (κ2) is 16.9. The van der Waals surface area contributed by atoms with Gasteiger partial charge in [-0.15, -0.1) is 11.3 Å². The van der Waals surface area contributed by atoms with Crippen molar-refractivity contribution in [2.24, 2.45) is 0 Å². The number of hydrogen-bond donors (Lipinski definition) is 0. The van der Waals surface area contributed by atoms with Gasteiger partial charge >= 0.3 is 0 Å². The van der Waals surface area contributed by atoms with Gasteiger partial charge in [-0.2, -0.15) is 0 Å². The van der Waals surface area contributed by atoms with Crippen LogP contribution in [-0.2, 0) is 5.41 Å². The normalized spacial score (nSPS) is 12.5. The smallest absolute Gasteiger partial charge is 0.0714 e. The molecule has 69 heavy (non-hydrogen) atoms. The van der Waals surface area contributed by atoms with E-state index in [2.05, 4.69) is 278 Å². The first kappa shape index (κ1) is 40.7. The van der Waals surface area contributed by atoms with Crippen LogP contribution < -0.4 is 4.90 Å². The van der Waals surface area contributed by atoms with Crippen molar-refractivity contribution in [3.05, 3.63) is 295 Å². The number of benzene rings is 11. The van der Waals surface area contributed by atoms with Crippen molar-refractivity contribution >= 4 is 48.6 Å². The van der Waals surface area contributed by atoms with Gasteiger partial charge in [-0.1, -0.05) is 218 Å². The molecule has 13 rings (SSSR count). The lowest BCUT2D eigenvalue weighted by Gasteiger charge is -2.35. The Hall–Kier alpha value is -8.56. The minimum Gasteiger partial charge on any atom is -0.310 e. The Bertz CT molecular complexity index is 3760. The molecule has 0 atom stereocenters. The molecule has 1 heterocycles. The molecule has 2 heteroatoms. The zero-order valence-electron chi connectivity index (χ0n) is 37.8. The fraction of sp³-hybridized carbons (Fsp3) is 0.0149. The van der Waals surface area contributed by atoms with Gasteiger partial charge in [-0.3, -0.25) is 0 Å². The van der Waals surface area contributed by atoms with Crippen LogP contribution in [0.15, 0.2) is 273 Å². The summed E-state index contributed by atoms with van der Waals surface area (Å²) in [6.07, 6.45) is 0. The standard InChI is InChI=1S/C67H45NS/c1-5-17-46(18-6-1)48-29-31-50(32-30-48)57-25-13-15-27-64(57)68(55-37-33-49(34-38-55)51-36-42-66-61(43-51)60-26-14-16-28-65(60)69-66)56-39-41-59-58-40-35-52(47-19-7-2-8-20-47)44-62(58)67(63(59)45-56,53-21-9-3-10-22-53)54-23-11-4-12-24-54/h1-45H. The highest BCUT2D eigenvalue weighted by Gasteiger charge is 2.46. The summed E-state index contributed by atoms with van der Waals surface area (Å²) in [4.78, 5) is 2.47. The lowest BCUT2D eigenvalue weighted by molar-refractivity contribution is 0.768. The molecule has 11 aromatic carbocycles. The monoisotopic (exact) mass is 895 g/mol. The molecule has 0 radical (unpaired) electrons. The molecule has 1 aliphatic rings. The molecule has 0 saturated heterocycles. The van der Waals surface area contributed by atoms with Gasteiger partial charge in [0.25, 0.3) is 0 Å². The molecule has 12 aromatic rings. The third-order valence-electron chi connectivity index (χ3n) is 14.2. The average Bonchev–Trinajstić information content (AvgIpc) is 3.95. The van der Waals surface area contributed by atoms with E-state index >= 15 is 0 Å². The van der Waals surface area contributed by atoms with Gasteiger partial charge in [0.1, 0.15) is 0 Å². The van der Waals surface area contributed by atoms with E-state index < -0.39 is 5.41 Å². The van der Waals surface area contributed by atoms with Crippen molar-refractivity contribution < 1.29 is 0 Å². The molecule has 0 spiro atoms. The molecule has 1 aliphatic carbocycles. The fourth-order valence-electron chi connectivity index (χ4n) is 10.9. The van der Waals surface area contributed by atoms with Crippen LogP contribution in [0.5, 0.6) is 0 Å². The molecule has 0 fully saturated rings. The van der Waals surface area contributed by atoms with E-state index in [1.165, 1.54) is 86.9 Å². The summed E-state index contributed by atoms with van der Waals surface area (Å²) in [6.45, 7) is 0. The second-order valence-electron chi connectivity index (χ2n) is 18.0. The molecule has 0 N–H and O–H groups in total. The number of nitrogens with zero attached hydrogens (tertiary/aromatic N) is 1. The van der Waals surface area contributed by atoms with Crippen LogP contribution in [0, 0.1) is 0 Å². The minimum atomic E-state index is -0.596. The summed E-state index contributed by atoms with van der Waals surface area (Å²) in [5.74, 6) is 0. The van der Waals surface area contributed by atoms with E-state index in [4.69, 9.17) is 0 Å². The SMILES string of the molecule is c1ccc(-c2ccc(-c3ccccc3N(c3ccc(-c4ccc5sc6ccccc6c5c4)cc3)c3ccc4c(c3)C(c3ccccc3)(c3ccccc3)c3cc(-c5ccccc5)ccc3-4)cc2)cc1. The minimum absolute atomic E-state index is 0.596. The topological polar surface area (TPSA) is 3.24 Å². The first-order valence-corrected chi connectivity index (χ1v) is 24.5. The lowest BCUT2D eigenvalue weighted by atomic mass is 9.67. The molecule has 0 bridgehead atoms. The van der Waals surface area contributed by atoms with Crippen LogP contribution in [0.4, 0.5) is 17.1 Å². The van der Waals surface area contributed by atoms with Gasteiger partial charge in [0.15, 0.2) is 0 Å². The van der Waals surface area contributed by atoms with Crippen molar-refractivity contribution in [3.8, 4) is 55.6 Å². The summed E-state index contributed by atoms with van der Waals surface area (Å²) in [5.41, 5.74) is 19.8. The molecule has 0 saturated carbocycles. The van der Waals surface area contributed by atoms with Crippen LogP contribution in [0.25, 0.3) is 75.8 Å². The molecule has 324 valence electrons. The number of para-hydroxylation sites is 1. The maximum atomic E-state index is 2.48. The highest BCUT2D eigenvalue weighted by Crippen LogP contribution is 2.58. The van der Waals surface area contributed by atoms with Crippen LogP contribution in [0.1, 0.15) is 22.3 Å². The number of thiophene rings is 1. The molecular formula is C67H45NS. The first-order valence-electron chi connectivity index (χ1n) is 23.7. The van der Waals surface area contributed by atoms with E-state index in [0.717, 1.165) is 28.2 Å². The summed E-state index contributed by atoms with van der Waals surface area (Å²) >= 11 is 1.86. The molecule has 0 amide bonds. The zero-order chi connectivity index (χ0) is 45.7. The van der Waals surface area contributed by atoms with Crippen molar-refractivity contribution in [1.82, 2.24) is 0 Å². The maximum absolute atomic E-state index is 2.48. The van der Waals surface area contributed by atoms with Gasteiger partial charge in [0.2, 0.25) is 0 Å². The number of fused-ring (bicyclic) bond motifs is 6. The molecule has 1 nitrogen and oxygen atoms in total. The quantitative estimate of drug-likeness (QED) is 0.140. The maximum Gasteiger partial charge on any atom is 0.0714 e. The van der Waals surface area contributed by atoms with Gasteiger partial charge in [-0.05, 0) is 127 Å². The molecule has 0 unspecified atom stereocenters. The predicted molar refractivity (Wildman–Crippen MR) is 293 cm³/mol. The predicted octanol–water partition coefficient (Wildman–Crippen LogP) is 18.6. The van der Waals surface area contributed by atoms with E-state index in [-0.39, 0.29) is 0 Å². The molecule has 0 aliphatic heterocycles. The third-order valence-corrected chi connectivity index (χ3v) is 15.3. The highest BCUT2D eigenvalue weighted by atomic mass is 32.1. The van der Waals surface area contributed by atoms with Crippen LogP contribution in [0.2, 0.25) is 0 Å². The van der Waals surface area contributed by atoms with Crippen LogP contribution in [-0.4, -0.2) is 0 Å². The Morgan fingerprint density at radius 2 is 0.725 bits per heavy atom. The molecular weight excluding hydrogens is 851 g/mol. The highest BCUT2D eigenvalue weighted by molar-refractivity contribution is 7.25. The number of anilines is 3. The number of hydrogen-bond acceptors (Lipinski definition) is 2. The number of rotatable bonds is 9. The van der Waals surface area contributed by atoms with Crippen molar-refractivity contribution in [3.63, 3.8) is 0 Å². The van der Waals surface area contributed by atoms with Gasteiger partial charge in [0, 0.05) is 37.1 Å². The Labute approximate surface area is 407 Å². The van der Waals surface area contributed by atoms with Crippen LogP contribution in [0.3, 0.4) is 0 Å². The van der Waals surface area contributed by atoms with E-state index in [1.807, 2.05) is 11.3 Å². The lowest BCUT2D eigenvalue weighted by Crippen LogP contribution is -2.28. The van der Waals surface area contributed by atoms with Gasteiger partial charge in [0.05, 0.1) is 11.1 Å². The van der Waals surface area contributed by atoms with Crippen LogP contribution >= 0.6 is 11.3 Å². The second-order valence-corrected chi connectivity index (χ2v) is 19.1. The molecule has 1 aromatic heterocycles. The van der Waals surface area contributed by atoms with Crippen molar-refractivity contribution in [1.29, 1.82) is 0 Å². The summed E-state index contributed by atoms with van der Waals surface area (Å²) in [6, 6.07) is 101. The van der Waals surface area contributed by atoms with E-state index in [9.17, 15) is 0 Å². The van der Waals surface area contributed by atoms with Gasteiger partial charge in [-0.25, -0.2) is 0 Å². The Kier molecular flexibility index (Phi) is 10.00. The van der Waals surface area contributed by atoms with Crippen molar-refractivity contribution in [2.75, 3.05) is 4.90 Å². The van der Waals surface area contributed by atoms with E-state index in [1.54, 1.807) is 0 Å². The Balaban J connectivity index is 1.01. The fourth-order valence-corrected chi connectivity index (χ4v) is 12.0. The van der Waals surface area contributed by atoms with Gasteiger partial charge < -0.3 is 4.90 Å². The largest absolute Gasteiger partial charge is 0.310 e. The summed E-state index contributed by atoms with van der Waals surface area (Å²) < 4.78 is 2.63. The summed E-state index contributed by atoms with van der Waals surface area (Å²) in [5, 5.41) is 2.62. The van der Waals surface area contributed by atoms with E-state index in [0.29, 0.717) is 0 Å². The summed E-state index contributed by atoms with van der Waals surface area (Å²) in [7, 11) is 0. The Morgan fingerprint density at radius 1 is 0.275 bits per heavy atom. The van der Waals surface area contributed by atoms with Crippen molar-refractivity contribution in [2.45, 2.75) is 5.41 Å². The first-order chi connectivity index (χ1) is 34.2. The zero-order valence-corrected chi connectivity index (χ0v) is 38.7.